The SMILES string of the molecule is CN=C(NCCc1csc(N2CCCC2)n1)NCc1ccccn1. The predicted octanol–water partition coefficient (Wildman–Crippen LogP) is 2.05. The molecule has 1 aliphatic heterocycles. The monoisotopic (exact) mass is 344 g/mol. The average Bonchev–Trinajstić information content (AvgIpc) is 3.30. The third-order valence-corrected chi connectivity index (χ3v) is 4.93. The molecule has 3 heterocycles. The van der Waals surface area contributed by atoms with Gasteiger partial charge in [0, 0.05) is 44.7 Å². The van der Waals surface area contributed by atoms with E-state index in [0.29, 0.717) is 6.54 Å². The van der Waals surface area contributed by atoms with E-state index in [4.69, 9.17) is 4.98 Å². The number of thiazole rings is 1. The normalized spacial score (nSPS) is 14.9. The molecular weight excluding hydrogens is 320 g/mol. The molecule has 7 heteroatoms. The highest BCUT2D eigenvalue weighted by Crippen LogP contribution is 2.24. The van der Waals surface area contributed by atoms with Gasteiger partial charge in [0.05, 0.1) is 17.9 Å². The van der Waals surface area contributed by atoms with Gasteiger partial charge in [-0.2, -0.15) is 0 Å². The molecule has 2 aromatic rings. The molecule has 0 atom stereocenters. The van der Waals surface area contributed by atoms with Crippen LogP contribution < -0.4 is 15.5 Å². The van der Waals surface area contributed by atoms with Crippen LogP contribution in [0.3, 0.4) is 0 Å². The lowest BCUT2D eigenvalue weighted by atomic mass is 10.3. The summed E-state index contributed by atoms with van der Waals surface area (Å²) >= 11 is 1.75. The van der Waals surface area contributed by atoms with Crippen molar-refractivity contribution in [3.8, 4) is 0 Å². The Morgan fingerprint density at radius 3 is 2.88 bits per heavy atom. The van der Waals surface area contributed by atoms with E-state index < -0.39 is 0 Å². The highest BCUT2D eigenvalue weighted by molar-refractivity contribution is 7.13. The van der Waals surface area contributed by atoms with Crippen LogP contribution in [-0.2, 0) is 13.0 Å². The second-order valence-corrected chi connectivity index (χ2v) is 6.58. The highest BCUT2D eigenvalue weighted by atomic mass is 32.1. The molecule has 0 amide bonds. The molecular formula is C17H24N6S. The molecule has 0 spiro atoms. The zero-order valence-corrected chi connectivity index (χ0v) is 14.9. The van der Waals surface area contributed by atoms with Crippen LogP contribution in [0.4, 0.5) is 5.13 Å². The number of nitrogens with one attached hydrogen (secondary N) is 2. The molecule has 0 aliphatic carbocycles. The molecule has 3 rings (SSSR count). The first-order valence-corrected chi connectivity index (χ1v) is 9.27. The minimum absolute atomic E-state index is 0.663. The van der Waals surface area contributed by atoms with Crippen LogP contribution in [0.15, 0.2) is 34.8 Å². The summed E-state index contributed by atoms with van der Waals surface area (Å²) in [4.78, 5) is 15.7. The van der Waals surface area contributed by atoms with Gasteiger partial charge in [-0.1, -0.05) is 6.07 Å². The van der Waals surface area contributed by atoms with E-state index in [0.717, 1.165) is 43.4 Å². The van der Waals surface area contributed by atoms with E-state index in [-0.39, 0.29) is 0 Å². The van der Waals surface area contributed by atoms with Gasteiger partial charge in [0.15, 0.2) is 11.1 Å². The van der Waals surface area contributed by atoms with Gasteiger partial charge in [-0.15, -0.1) is 11.3 Å². The molecule has 0 bridgehead atoms. The van der Waals surface area contributed by atoms with Gasteiger partial charge in [0.25, 0.3) is 0 Å². The molecule has 0 saturated carbocycles. The fourth-order valence-electron chi connectivity index (χ4n) is 2.67. The number of pyridine rings is 1. The Labute approximate surface area is 147 Å². The molecule has 24 heavy (non-hydrogen) atoms. The van der Waals surface area contributed by atoms with Gasteiger partial charge >= 0.3 is 0 Å². The zero-order valence-electron chi connectivity index (χ0n) is 14.0. The van der Waals surface area contributed by atoms with Crippen LogP contribution in [0.2, 0.25) is 0 Å². The molecule has 0 unspecified atom stereocenters. The standard InChI is InChI=1S/C17H24N6S/c1-18-16(21-12-14-6-2-3-8-19-14)20-9-7-15-13-24-17(22-15)23-10-4-5-11-23/h2-3,6,8,13H,4-5,7,9-12H2,1H3,(H2,18,20,21). The first-order chi connectivity index (χ1) is 11.8. The van der Waals surface area contributed by atoms with Crippen molar-refractivity contribution >= 4 is 22.4 Å². The minimum atomic E-state index is 0.663. The molecule has 0 radical (unpaired) electrons. The summed E-state index contributed by atoms with van der Waals surface area (Å²) < 4.78 is 0. The number of anilines is 1. The lowest BCUT2D eigenvalue weighted by molar-refractivity contribution is 0.776. The maximum atomic E-state index is 4.74. The number of guanidine groups is 1. The summed E-state index contributed by atoms with van der Waals surface area (Å²) in [5.74, 6) is 0.788. The Bertz CT molecular complexity index is 648. The number of nitrogens with zero attached hydrogens (tertiary/aromatic N) is 4. The number of aromatic nitrogens is 2. The summed E-state index contributed by atoms with van der Waals surface area (Å²) in [5.41, 5.74) is 2.14. The Balaban J connectivity index is 1.41. The fourth-order valence-corrected chi connectivity index (χ4v) is 3.58. The Kier molecular flexibility index (Phi) is 6.01. The molecule has 2 N–H and O–H groups in total. The maximum Gasteiger partial charge on any atom is 0.191 e. The van der Waals surface area contributed by atoms with Crippen molar-refractivity contribution in [3.63, 3.8) is 0 Å². The van der Waals surface area contributed by atoms with E-state index in [1.807, 2.05) is 18.2 Å². The lowest BCUT2D eigenvalue weighted by Gasteiger charge is -2.12. The minimum Gasteiger partial charge on any atom is -0.356 e. The van der Waals surface area contributed by atoms with Gasteiger partial charge < -0.3 is 15.5 Å². The molecule has 128 valence electrons. The first-order valence-electron chi connectivity index (χ1n) is 8.39. The van der Waals surface area contributed by atoms with E-state index >= 15 is 0 Å². The Morgan fingerprint density at radius 1 is 1.25 bits per heavy atom. The third kappa shape index (κ3) is 4.67. The van der Waals surface area contributed by atoms with E-state index in [1.165, 1.54) is 18.0 Å². The fraction of sp³-hybridized carbons (Fsp3) is 0.471. The summed E-state index contributed by atoms with van der Waals surface area (Å²) in [7, 11) is 1.78. The van der Waals surface area contributed by atoms with Gasteiger partial charge in [0.2, 0.25) is 0 Å². The number of rotatable bonds is 6. The number of aliphatic imine (C=N–C) groups is 1. The van der Waals surface area contributed by atoms with Gasteiger partial charge in [-0.05, 0) is 25.0 Å². The molecule has 2 aromatic heterocycles. The summed E-state index contributed by atoms with van der Waals surface area (Å²) in [6.07, 6.45) is 5.27. The van der Waals surface area contributed by atoms with Crippen LogP contribution in [0.5, 0.6) is 0 Å². The van der Waals surface area contributed by atoms with Crippen molar-refractivity contribution in [2.45, 2.75) is 25.8 Å². The number of hydrogen-bond acceptors (Lipinski definition) is 5. The summed E-state index contributed by atoms with van der Waals surface area (Å²) in [6.45, 7) is 3.77. The molecule has 0 aromatic carbocycles. The zero-order chi connectivity index (χ0) is 16.6. The molecule has 1 fully saturated rings. The van der Waals surface area contributed by atoms with Crippen LogP contribution in [0.25, 0.3) is 0 Å². The molecule has 1 saturated heterocycles. The van der Waals surface area contributed by atoms with E-state index in [2.05, 4.69) is 30.9 Å². The van der Waals surface area contributed by atoms with Crippen molar-refractivity contribution in [2.24, 2.45) is 4.99 Å². The van der Waals surface area contributed by atoms with Crippen LogP contribution >= 0.6 is 11.3 Å². The van der Waals surface area contributed by atoms with Crippen molar-refractivity contribution in [1.82, 2.24) is 20.6 Å². The van der Waals surface area contributed by atoms with Gasteiger partial charge in [-0.25, -0.2) is 4.98 Å². The summed E-state index contributed by atoms with van der Waals surface area (Å²) in [6, 6.07) is 5.90. The second kappa shape index (κ2) is 8.63. The first kappa shape index (κ1) is 16.7. The predicted molar refractivity (Wildman–Crippen MR) is 99.7 cm³/mol. The molecule has 6 nitrogen and oxygen atoms in total. The second-order valence-electron chi connectivity index (χ2n) is 5.74. The lowest BCUT2D eigenvalue weighted by Crippen LogP contribution is -2.38. The third-order valence-electron chi connectivity index (χ3n) is 3.98. The van der Waals surface area contributed by atoms with Gasteiger partial charge in [-0.3, -0.25) is 9.98 Å². The van der Waals surface area contributed by atoms with Gasteiger partial charge in [0.1, 0.15) is 0 Å². The average molecular weight is 344 g/mol. The smallest absolute Gasteiger partial charge is 0.191 e. The van der Waals surface area contributed by atoms with Crippen LogP contribution in [0, 0.1) is 0 Å². The van der Waals surface area contributed by atoms with Crippen molar-refractivity contribution in [3.05, 3.63) is 41.2 Å². The largest absolute Gasteiger partial charge is 0.356 e. The molecule has 1 aliphatic rings. The quantitative estimate of drug-likeness (QED) is 0.620. The number of hydrogen-bond donors (Lipinski definition) is 2. The van der Waals surface area contributed by atoms with Crippen molar-refractivity contribution in [1.29, 1.82) is 0 Å². The highest BCUT2D eigenvalue weighted by Gasteiger charge is 2.15. The van der Waals surface area contributed by atoms with Crippen molar-refractivity contribution in [2.75, 3.05) is 31.6 Å². The van der Waals surface area contributed by atoms with Crippen LogP contribution in [0.1, 0.15) is 24.2 Å². The topological polar surface area (TPSA) is 65.4 Å². The van der Waals surface area contributed by atoms with Crippen molar-refractivity contribution < 1.29 is 0 Å². The van der Waals surface area contributed by atoms with E-state index in [1.54, 1.807) is 24.6 Å². The Hall–Kier alpha value is -2.15. The maximum absolute atomic E-state index is 4.74. The Morgan fingerprint density at radius 2 is 2.12 bits per heavy atom. The van der Waals surface area contributed by atoms with Crippen LogP contribution in [-0.4, -0.2) is 42.6 Å². The van der Waals surface area contributed by atoms with E-state index in [9.17, 15) is 0 Å². The summed E-state index contributed by atoms with van der Waals surface area (Å²) in [5, 5.41) is 9.93.